The van der Waals surface area contributed by atoms with E-state index in [1.807, 2.05) is 35.7 Å². The van der Waals surface area contributed by atoms with Crippen LogP contribution in [-0.2, 0) is 9.59 Å². The Balaban J connectivity index is 1.27. The van der Waals surface area contributed by atoms with E-state index in [0.717, 1.165) is 42.7 Å². The lowest BCUT2D eigenvalue weighted by Crippen LogP contribution is -2.59. The first-order valence-electron chi connectivity index (χ1n) is 10.8. The highest BCUT2D eigenvalue weighted by Crippen LogP contribution is 2.55. The lowest BCUT2D eigenvalue weighted by molar-refractivity contribution is -0.122. The van der Waals surface area contributed by atoms with Crippen LogP contribution >= 0.6 is 11.3 Å². The van der Waals surface area contributed by atoms with E-state index in [1.165, 1.54) is 37.5 Å². The molecule has 6 rings (SSSR count). The summed E-state index contributed by atoms with van der Waals surface area (Å²) < 4.78 is 0. The smallest absolute Gasteiger partial charge is 0.244 e. The minimum Gasteiger partial charge on any atom is -0.347 e. The molecule has 4 fully saturated rings. The van der Waals surface area contributed by atoms with Gasteiger partial charge in [-0.25, -0.2) is 4.98 Å². The number of para-hydroxylation sites is 1. The maximum absolute atomic E-state index is 12.7. The lowest BCUT2D eigenvalue weighted by atomic mass is 9.53. The van der Waals surface area contributed by atoms with Crippen LogP contribution in [0.15, 0.2) is 41.8 Å². The summed E-state index contributed by atoms with van der Waals surface area (Å²) in [5, 5.41) is 5.84. The van der Waals surface area contributed by atoms with Gasteiger partial charge >= 0.3 is 0 Å². The summed E-state index contributed by atoms with van der Waals surface area (Å²) in [6.45, 7) is 1.53. The topological polar surface area (TPSA) is 62.3 Å². The van der Waals surface area contributed by atoms with Gasteiger partial charge in [-0.3, -0.25) is 14.5 Å². The van der Waals surface area contributed by atoms with Crippen molar-refractivity contribution in [1.82, 2.24) is 10.3 Å². The van der Waals surface area contributed by atoms with Gasteiger partial charge in [0, 0.05) is 23.9 Å². The van der Waals surface area contributed by atoms with Crippen LogP contribution in [0.5, 0.6) is 0 Å². The SMILES string of the molecule is CC(=O)N(c1ccccc1)c1nc(/C=C/C(=O)NC23CC4CC(CC(C4)C2)C3)cs1. The molecule has 4 aliphatic rings. The standard InChI is InChI=1S/C24H27N3O2S/c1-16(28)27(21-5-3-2-4-6-21)23-25-20(15-30-23)7-8-22(29)26-24-12-17-9-18(13-24)11-19(10-17)14-24/h2-8,15,17-19H,9-14H2,1H3,(H,26,29)/b8-7+. The van der Waals surface area contributed by atoms with E-state index < -0.39 is 0 Å². The number of hydrogen-bond acceptors (Lipinski definition) is 4. The first-order chi connectivity index (χ1) is 14.5. The Morgan fingerprint density at radius 2 is 1.73 bits per heavy atom. The third kappa shape index (κ3) is 3.81. The summed E-state index contributed by atoms with van der Waals surface area (Å²) in [5.74, 6) is 2.29. The fourth-order valence-electron chi connectivity index (χ4n) is 6.19. The molecule has 0 spiro atoms. The molecule has 6 heteroatoms. The van der Waals surface area contributed by atoms with Gasteiger partial charge in [-0.05, 0) is 74.5 Å². The van der Waals surface area contributed by atoms with Crippen LogP contribution < -0.4 is 10.2 Å². The zero-order valence-electron chi connectivity index (χ0n) is 17.2. The maximum Gasteiger partial charge on any atom is 0.244 e. The van der Waals surface area contributed by atoms with Gasteiger partial charge in [-0.15, -0.1) is 11.3 Å². The molecule has 5 nitrogen and oxygen atoms in total. The molecular weight excluding hydrogens is 394 g/mol. The third-order valence-electron chi connectivity index (χ3n) is 6.86. The van der Waals surface area contributed by atoms with Crippen molar-refractivity contribution in [3.63, 3.8) is 0 Å². The molecule has 30 heavy (non-hydrogen) atoms. The molecule has 1 aromatic heterocycles. The van der Waals surface area contributed by atoms with Crippen LogP contribution in [0.4, 0.5) is 10.8 Å². The Hall–Kier alpha value is -2.47. The third-order valence-corrected chi connectivity index (χ3v) is 7.71. The molecule has 4 bridgehead atoms. The minimum atomic E-state index is -0.0920. The predicted molar refractivity (Wildman–Crippen MR) is 119 cm³/mol. The van der Waals surface area contributed by atoms with Crippen LogP contribution in [0.1, 0.15) is 51.1 Å². The highest BCUT2D eigenvalue weighted by atomic mass is 32.1. The molecule has 1 N–H and O–H groups in total. The lowest BCUT2D eigenvalue weighted by Gasteiger charge is -2.56. The number of nitrogens with one attached hydrogen (secondary N) is 1. The first-order valence-corrected chi connectivity index (χ1v) is 11.7. The molecule has 156 valence electrons. The molecule has 2 aromatic rings. The zero-order chi connectivity index (χ0) is 20.7. The quantitative estimate of drug-likeness (QED) is 0.697. The van der Waals surface area contributed by atoms with Gasteiger partial charge in [0.2, 0.25) is 11.8 Å². The highest BCUT2D eigenvalue weighted by Gasteiger charge is 2.51. The summed E-state index contributed by atoms with van der Waals surface area (Å²) >= 11 is 1.40. The van der Waals surface area contributed by atoms with Gasteiger partial charge in [0.1, 0.15) is 0 Å². The first kappa shape index (κ1) is 19.5. The summed E-state index contributed by atoms with van der Waals surface area (Å²) in [4.78, 5) is 31.0. The second-order valence-electron chi connectivity index (χ2n) is 9.27. The van der Waals surface area contributed by atoms with Gasteiger partial charge in [0.15, 0.2) is 5.13 Å². The average Bonchev–Trinajstić information content (AvgIpc) is 3.14. The van der Waals surface area contributed by atoms with E-state index in [0.29, 0.717) is 10.8 Å². The molecule has 2 amide bonds. The summed E-state index contributed by atoms with van der Waals surface area (Å²) in [7, 11) is 0. The van der Waals surface area contributed by atoms with Crippen LogP contribution in [0.3, 0.4) is 0 Å². The second-order valence-corrected chi connectivity index (χ2v) is 10.1. The number of amides is 2. The molecule has 0 saturated heterocycles. The van der Waals surface area contributed by atoms with Crippen molar-refractivity contribution >= 4 is 40.0 Å². The monoisotopic (exact) mass is 421 g/mol. The number of anilines is 2. The van der Waals surface area contributed by atoms with Gasteiger partial charge < -0.3 is 5.32 Å². The van der Waals surface area contributed by atoms with Gasteiger partial charge in [0.25, 0.3) is 0 Å². The molecule has 0 unspecified atom stereocenters. The van der Waals surface area contributed by atoms with Gasteiger partial charge in [-0.1, -0.05) is 18.2 Å². The molecule has 4 aliphatic carbocycles. The molecule has 1 aromatic carbocycles. The Morgan fingerprint density at radius 3 is 2.33 bits per heavy atom. The number of rotatable bonds is 5. The number of benzene rings is 1. The minimum absolute atomic E-state index is 0.0160. The van der Waals surface area contributed by atoms with Crippen LogP contribution in [0.25, 0.3) is 6.08 Å². The molecule has 1 heterocycles. The van der Waals surface area contributed by atoms with E-state index in [9.17, 15) is 9.59 Å². The van der Waals surface area contributed by atoms with E-state index in [-0.39, 0.29) is 17.4 Å². The van der Waals surface area contributed by atoms with Crippen molar-refractivity contribution in [3.05, 3.63) is 47.5 Å². The highest BCUT2D eigenvalue weighted by molar-refractivity contribution is 7.14. The molecule has 0 atom stereocenters. The summed E-state index contributed by atoms with van der Waals surface area (Å²) in [5.41, 5.74) is 1.49. The molecule has 4 saturated carbocycles. The van der Waals surface area contributed by atoms with E-state index in [1.54, 1.807) is 17.1 Å². The van der Waals surface area contributed by atoms with Crippen molar-refractivity contribution in [2.24, 2.45) is 17.8 Å². The number of carbonyl (C=O) groups is 2. The number of thiazole rings is 1. The van der Waals surface area contributed by atoms with Crippen molar-refractivity contribution in [2.45, 2.75) is 51.0 Å². The Bertz CT molecular complexity index is 946. The largest absolute Gasteiger partial charge is 0.347 e. The van der Waals surface area contributed by atoms with Crippen LogP contribution in [0.2, 0.25) is 0 Å². The van der Waals surface area contributed by atoms with E-state index in [2.05, 4.69) is 10.3 Å². The Morgan fingerprint density at radius 1 is 1.10 bits per heavy atom. The van der Waals surface area contributed by atoms with Crippen LogP contribution in [0, 0.1) is 17.8 Å². The summed E-state index contributed by atoms with van der Waals surface area (Å²) in [6.07, 6.45) is 10.9. The molecule has 0 aliphatic heterocycles. The van der Waals surface area contributed by atoms with E-state index >= 15 is 0 Å². The number of nitrogens with zero attached hydrogens (tertiary/aromatic N) is 2. The van der Waals surface area contributed by atoms with Gasteiger partial charge in [-0.2, -0.15) is 0 Å². The van der Waals surface area contributed by atoms with Crippen LogP contribution in [-0.4, -0.2) is 22.3 Å². The van der Waals surface area contributed by atoms with Crippen molar-refractivity contribution in [3.8, 4) is 0 Å². The zero-order valence-corrected chi connectivity index (χ0v) is 18.0. The maximum atomic E-state index is 12.7. The second kappa shape index (κ2) is 7.65. The Kier molecular flexibility index (Phi) is 4.97. The average molecular weight is 422 g/mol. The normalized spacial score (nSPS) is 29.3. The Labute approximate surface area is 181 Å². The van der Waals surface area contributed by atoms with Gasteiger partial charge in [0.05, 0.1) is 11.4 Å². The fourth-order valence-corrected chi connectivity index (χ4v) is 7.04. The molecular formula is C24H27N3O2S. The van der Waals surface area contributed by atoms with E-state index in [4.69, 9.17) is 0 Å². The number of hydrogen-bond donors (Lipinski definition) is 1. The molecule has 0 radical (unpaired) electrons. The fraction of sp³-hybridized carbons (Fsp3) is 0.458. The van der Waals surface area contributed by atoms with Crippen molar-refractivity contribution in [2.75, 3.05) is 4.90 Å². The number of aromatic nitrogens is 1. The predicted octanol–water partition coefficient (Wildman–Crippen LogP) is 4.93. The number of carbonyl (C=O) groups excluding carboxylic acids is 2. The summed E-state index contributed by atoms with van der Waals surface area (Å²) in [6, 6.07) is 9.48. The van der Waals surface area contributed by atoms with Crippen molar-refractivity contribution in [1.29, 1.82) is 0 Å². The van der Waals surface area contributed by atoms with Crippen molar-refractivity contribution < 1.29 is 9.59 Å².